The average Bonchev–Trinajstić information content (AvgIpc) is 3.43. The highest BCUT2D eigenvalue weighted by atomic mass is 16.4. The lowest BCUT2D eigenvalue weighted by Crippen LogP contribution is -2.28. The van der Waals surface area contributed by atoms with Crippen molar-refractivity contribution in [3.63, 3.8) is 0 Å². The molecule has 9 heteroatoms. The smallest absolute Gasteiger partial charge is 0.322 e. The van der Waals surface area contributed by atoms with Crippen LogP contribution in [-0.4, -0.2) is 38.3 Å². The minimum Gasteiger partial charge on any atom is -0.401 e. The van der Waals surface area contributed by atoms with Crippen LogP contribution >= 0.6 is 0 Å². The zero-order valence-electron chi connectivity index (χ0n) is 17.4. The second-order valence-electron chi connectivity index (χ2n) is 7.83. The molecule has 0 saturated carbocycles. The highest BCUT2D eigenvalue weighted by molar-refractivity contribution is 6.03. The molecule has 2 amide bonds. The van der Waals surface area contributed by atoms with Gasteiger partial charge in [0.25, 0.3) is 5.89 Å². The van der Waals surface area contributed by atoms with Gasteiger partial charge in [0.2, 0.25) is 11.8 Å². The topological polar surface area (TPSA) is 106 Å². The maximum atomic E-state index is 12.7. The third-order valence-corrected chi connectivity index (χ3v) is 5.33. The van der Waals surface area contributed by atoms with Gasteiger partial charge in [-0.05, 0) is 57.0 Å². The van der Waals surface area contributed by atoms with E-state index in [0.29, 0.717) is 12.2 Å². The number of nitrogens with one attached hydrogen (secondary N) is 1. The molecule has 156 valence electrons. The first-order chi connectivity index (χ1) is 14.3. The van der Waals surface area contributed by atoms with E-state index in [0.717, 1.165) is 16.8 Å². The minimum absolute atomic E-state index is 0.00332. The van der Waals surface area contributed by atoms with Crippen LogP contribution in [-0.2, 0) is 9.59 Å². The number of carbonyl (C=O) groups excluding carboxylic acids is 2. The Bertz CT molecular complexity index is 1100. The van der Waals surface area contributed by atoms with Crippen molar-refractivity contribution >= 4 is 23.5 Å². The van der Waals surface area contributed by atoms with Crippen molar-refractivity contribution in [1.29, 1.82) is 0 Å². The fourth-order valence-corrected chi connectivity index (χ4v) is 3.51. The third-order valence-electron chi connectivity index (χ3n) is 5.33. The number of aryl methyl sites for hydroxylation is 2. The first kappa shape index (κ1) is 19.8. The van der Waals surface area contributed by atoms with Gasteiger partial charge in [-0.2, -0.15) is 5.10 Å². The van der Waals surface area contributed by atoms with Gasteiger partial charge in [0.05, 0.1) is 5.92 Å². The van der Waals surface area contributed by atoms with Crippen LogP contribution in [0.3, 0.4) is 0 Å². The van der Waals surface area contributed by atoms with Crippen LogP contribution < -0.4 is 10.2 Å². The number of rotatable bonds is 5. The van der Waals surface area contributed by atoms with E-state index in [2.05, 4.69) is 20.6 Å². The molecule has 0 bridgehead atoms. The van der Waals surface area contributed by atoms with Gasteiger partial charge < -0.3 is 9.32 Å². The molecule has 1 aliphatic heterocycles. The van der Waals surface area contributed by atoms with Gasteiger partial charge in [-0.1, -0.05) is 11.2 Å². The molecule has 9 nitrogen and oxygen atoms in total. The molecule has 1 unspecified atom stereocenters. The molecule has 1 atom stereocenters. The molecule has 1 saturated heterocycles. The molecule has 2 aromatic heterocycles. The summed E-state index contributed by atoms with van der Waals surface area (Å²) >= 11 is 0. The van der Waals surface area contributed by atoms with Gasteiger partial charge in [-0.15, -0.1) is 5.10 Å². The molecule has 0 radical (unpaired) electrons. The molecule has 1 N–H and O–H groups in total. The molecular formula is C21H24N6O3. The first-order valence-electron chi connectivity index (χ1n) is 9.89. The quantitative estimate of drug-likeness (QED) is 0.695. The second-order valence-corrected chi connectivity index (χ2v) is 7.83. The van der Waals surface area contributed by atoms with Gasteiger partial charge in [0.15, 0.2) is 0 Å². The molecule has 1 aliphatic rings. The van der Waals surface area contributed by atoms with Crippen molar-refractivity contribution < 1.29 is 14.0 Å². The number of benzene rings is 1. The third kappa shape index (κ3) is 3.70. The Morgan fingerprint density at radius 1 is 1.20 bits per heavy atom. The number of aromatic nitrogens is 4. The highest BCUT2D eigenvalue weighted by Crippen LogP contribution is 2.28. The lowest BCUT2D eigenvalue weighted by atomic mass is 10.1. The summed E-state index contributed by atoms with van der Waals surface area (Å²) in [7, 11) is 0. The molecule has 4 rings (SSSR count). The van der Waals surface area contributed by atoms with Gasteiger partial charge >= 0.3 is 6.01 Å². The van der Waals surface area contributed by atoms with Gasteiger partial charge in [0.1, 0.15) is 5.69 Å². The summed E-state index contributed by atoms with van der Waals surface area (Å²) in [6.07, 6.45) is 1.79. The number of anilines is 2. The van der Waals surface area contributed by atoms with E-state index in [1.807, 2.05) is 45.9 Å². The molecular weight excluding hydrogens is 384 g/mol. The van der Waals surface area contributed by atoms with Crippen LogP contribution in [0.4, 0.5) is 11.7 Å². The molecule has 1 fully saturated rings. The average molecular weight is 408 g/mol. The van der Waals surface area contributed by atoms with Crippen molar-refractivity contribution in [1.82, 2.24) is 20.0 Å². The summed E-state index contributed by atoms with van der Waals surface area (Å²) in [6.45, 7) is 8.33. The van der Waals surface area contributed by atoms with Crippen LogP contribution in [0.5, 0.6) is 0 Å². The summed E-state index contributed by atoms with van der Waals surface area (Å²) in [5.41, 5.74) is 3.74. The Labute approximate surface area is 174 Å². The Balaban J connectivity index is 1.45. The Kier molecular flexibility index (Phi) is 5.11. The number of hydrogen-bond donors (Lipinski definition) is 1. The summed E-state index contributed by atoms with van der Waals surface area (Å²) in [5, 5.41) is 14.8. The van der Waals surface area contributed by atoms with Crippen molar-refractivity contribution in [2.45, 2.75) is 40.2 Å². The maximum Gasteiger partial charge on any atom is 0.322 e. The fraction of sp³-hybridized carbons (Fsp3) is 0.381. The van der Waals surface area contributed by atoms with Gasteiger partial charge in [-0.3, -0.25) is 19.6 Å². The predicted octanol–water partition coefficient (Wildman–Crippen LogP) is 3.12. The SMILES string of the molecule is Cc1ccc(N2CC(C(=O)Nc3nnc(-c4ccnn4C(C)C)o3)CC2=O)cc1C. The van der Waals surface area contributed by atoms with E-state index in [-0.39, 0.29) is 36.2 Å². The molecule has 3 heterocycles. The Hall–Kier alpha value is -3.49. The van der Waals surface area contributed by atoms with Gasteiger partial charge in [-0.25, -0.2) is 0 Å². The van der Waals surface area contributed by atoms with Crippen molar-refractivity contribution in [3.05, 3.63) is 41.6 Å². The number of hydrogen-bond acceptors (Lipinski definition) is 6. The summed E-state index contributed by atoms with van der Waals surface area (Å²) in [4.78, 5) is 26.8. The number of nitrogens with zero attached hydrogens (tertiary/aromatic N) is 5. The fourth-order valence-electron chi connectivity index (χ4n) is 3.51. The first-order valence-corrected chi connectivity index (χ1v) is 9.89. The monoisotopic (exact) mass is 408 g/mol. The van der Waals surface area contributed by atoms with Crippen LogP contribution in [0.2, 0.25) is 0 Å². The van der Waals surface area contributed by atoms with Crippen molar-refractivity contribution in [3.8, 4) is 11.6 Å². The Morgan fingerprint density at radius 2 is 2.00 bits per heavy atom. The number of amides is 2. The molecule has 0 aliphatic carbocycles. The van der Waals surface area contributed by atoms with E-state index in [9.17, 15) is 9.59 Å². The summed E-state index contributed by atoms with van der Waals surface area (Å²) < 4.78 is 7.36. The lowest BCUT2D eigenvalue weighted by molar-refractivity contribution is -0.122. The normalized spacial score (nSPS) is 16.5. The van der Waals surface area contributed by atoms with Crippen molar-refractivity contribution in [2.75, 3.05) is 16.8 Å². The predicted molar refractivity (Wildman–Crippen MR) is 111 cm³/mol. The van der Waals surface area contributed by atoms with E-state index >= 15 is 0 Å². The zero-order valence-corrected chi connectivity index (χ0v) is 17.4. The minimum atomic E-state index is -0.490. The summed E-state index contributed by atoms with van der Waals surface area (Å²) in [6, 6.07) is 7.76. The van der Waals surface area contributed by atoms with E-state index in [1.54, 1.807) is 21.8 Å². The van der Waals surface area contributed by atoms with Crippen molar-refractivity contribution in [2.24, 2.45) is 5.92 Å². The van der Waals surface area contributed by atoms with E-state index < -0.39 is 5.92 Å². The maximum absolute atomic E-state index is 12.7. The van der Waals surface area contributed by atoms with E-state index in [4.69, 9.17) is 4.42 Å². The number of carbonyl (C=O) groups is 2. The Morgan fingerprint density at radius 3 is 2.73 bits per heavy atom. The van der Waals surface area contributed by atoms with Crippen LogP contribution in [0.25, 0.3) is 11.6 Å². The largest absolute Gasteiger partial charge is 0.401 e. The summed E-state index contributed by atoms with van der Waals surface area (Å²) in [5.74, 6) is -0.612. The standard InChI is InChI=1S/C21H24N6O3/c1-12(2)27-17(7-8-22-27)20-24-25-21(30-20)23-19(29)15-10-18(28)26(11-15)16-6-5-13(3)14(4)9-16/h5-9,12,15H,10-11H2,1-4H3,(H,23,25,29). The molecule has 3 aromatic rings. The molecule has 30 heavy (non-hydrogen) atoms. The van der Waals surface area contributed by atoms with Crippen LogP contribution in [0.15, 0.2) is 34.9 Å². The van der Waals surface area contributed by atoms with Crippen LogP contribution in [0, 0.1) is 19.8 Å². The second kappa shape index (κ2) is 7.74. The lowest BCUT2D eigenvalue weighted by Gasteiger charge is -2.17. The van der Waals surface area contributed by atoms with Crippen LogP contribution in [0.1, 0.15) is 37.4 Å². The molecule has 1 aromatic carbocycles. The molecule has 0 spiro atoms. The van der Waals surface area contributed by atoms with Gasteiger partial charge in [0, 0.05) is 30.9 Å². The highest BCUT2D eigenvalue weighted by Gasteiger charge is 2.36. The zero-order chi connectivity index (χ0) is 21.4. The van der Waals surface area contributed by atoms with E-state index in [1.165, 1.54) is 0 Å².